The van der Waals surface area contributed by atoms with Crippen LogP contribution in [0.4, 0.5) is 0 Å². The first-order chi connectivity index (χ1) is 6.86. The number of aliphatic carboxylic acids is 3. The van der Waals surface area contributed by atoms with Crippen LogP contribution >= 0.6 is 0 Å². The molecule has 15 heavy (non-hydrogen) atoms. The molecule has 0 aromatic carbocycles. The first-order valence-electron chi connectivity index (χ1n) is 4.08. The Morgan fingerprint density at radius 2 is 1.53 bits per heavy atom. The molecular weight excluding hydrogens is 208 g/mol. The minimum absolute atomic E-state index is 0.0503. The minimum atomic E-state index is -1.82. The van der Waals surface area contributed by atoms with Crippen molar-refractivity contribution >= 4 is 23.7 Å². The number of ketones is 1. The molecule has 0 bridgehead atoms. The largest absolute Gasteiger partial charge is 0.481 e. The van der Waals surface area contributed by atoms with Gasteiger partial charge in [0, 0.05) is 6.42 Å². The average Bonchev–Trinajstić information content (AvgIpc) is 2.10. The van der Waals surface area contributed by atoms with E-state index < -0.39 is 29.6 Å². The van der Waals surface area contributed by atoms with Gasteiger partial charge in [0.15, 0.2) is 0 Å². The van der Waals surface area contributed by atoms with Crippen LogP contribution in [0, 0.1) is 5.92 Å². The van der Waals surface area contributed by atoms with Crippen molar-refractivity contribution in [3.63, 3.8) is 0 Å². The summed E-state index contributed by atoms with van der Waals surface area (Å²) in [5.41, 5.74) is 0. The fourth-order valence-corrected chi connectivity index (χ4v) is 0.973. The van der Waals surface area contributed by atoms with Gasteiger partial charge in [0.05, 0.1) is 0 Å². The van der Waals surface area contributed by atoms with Crippen molar-refractivity contribution in [3.05, 3.63) is 0 Å². The van der Waals surface area contributed by atoms with Gasteiger partial charge in [-0.25, -0.2) is 4.79 Å². The normalized spacial score (nSPS) is 11.7. The number of hydrogen-bond acceptors (Lipinski definition) is 4. The molecule has 7 heteroatoms. The Kier molecular flexibility index (Phi) is 5.00. The number of carboxylic acids is 3. The molecule has 84 valence electrons. The molecule has 7 nitrogen and oxygen atoms in total. The van der Waals surface area contributed by atoms with Crippen molar-refractivity contribution < 1.29 is 34.5 Å². The summed E-state index contributed by atoms with van der Waals surface area (Å²) in [6.07, 6.45) is -0.630. The lowest BCUT2D eigenvalue weighted by Gasteiger charge is -2.06. The minimum Gasteiger partial charge on any atom is -0.481 e. The van der Waals surface area contributed by atoms with Gasteiger partial charge in [0.25, 0.3) is 5.78 Å². The van der Waals surface area contributed by atoms with E-state index in [1.165, 1.54) is 0 Å². The number of carbonyl (C=O) groups is 4. The van der Waals surface area contributed by atoms with Crippen LogP contribution in [-0.2, 0) is 19.2 Å². The zero-order valence-corrected chi connectivity index (χ0v) is 7.67. The standard InChI is InChI=1S/C8H10O7/c9-5(10)3-1-2-4(7(12)13)6(11)8(14)15/h4H,1-3H2,(H,9,10)(H,12,13)(H,14,15). The van der Waals surface area contributed by atoms with Crippen LogP contribution in [0.2, 0.25) is 0 Å². The van der Waals surface area contributed by atoms with E-state index in [9.17, 15) is 19.2 Å². The number of carboxylic acid groups (broad SMARTS) is 3. The predicted octanol–water partition coefficient (Wildman–Crippen LogP) is -0.404. The molecule has 0 aliphatic carbocycles. The molecule has 0 aliphatic heterocycles. The van der Waals surface area contributed by atoms with E-state index in [1.54, 1.807) is 0 Å². The lowest BCUT2D eigenvalue weighted by molar-refractivity contribution is -0.157. The van der Waals surface area contributed by atoms with Crippen LogP contribution in [0.5, 0.6) is 0 Å². The second-order valence-electron chi connectivity index (χ2n) is 2.85. The Morgan fingerprint density at radius 1 is 1.00 bits per heavy atom. The summed E-state index contributed by atoms with van der Waals surface area (Å²) in [5, 5.41) is 25.1. The van der Waals surface area contributed by atoms with Crippen molar-refractivity contribution in [1.82, 2.24) is 0 Å². The summed E-state index contributed by atoms with van der Waals surface area (Å²) in [6, 6.07) is 0. The summed E-state index contributed by atoms with van der Waals surface area (Å²) in [6.45, 7) is 0. The number of rotatable bonds is 7. The summed E-state index contributed by atoms with van der Waals surface area (Å²) >= 11 is 0. The lowest BCUT2D eigenvalue weighted by Crippen LogP contribution is -2.30. The highest BCUT2D eigenvalue weighted by Gasteiger charge is 2.30. The summed E-state index contributed by atoms with van der Waals surface area (Å²) < 4.78 is 0. The highest BCUT2D eigenvalue weighted by molar-refractivity contribution is 6.36. The first kappa shape index (κ1) is 13.1. The average molecular weight is 218 g/mol. The molecule has 0 fully saturated rings. The van der Waals surface area contributed by atoms with Gasteiger partial charge in [-0.2, -0.15) is 0 Å². The number of hydrogen-bond donors (Lipinski definition) is 3. The molecule has 0 heterocycles. The molecule has 0 saturated carbocycles. The van der Waals surface area contributed by atoms with Crippen LogP contribution in [0.25, 0.3) is 0 Å². The van der Waals surface area contributed by atoms with Crippen molar-refractivity contribution in [2.45, 2.75) is 19.3 Å². The Balaban J connectivity index is 4.30. The van der Waals surface area contributed by atoms with E-state index in [-0.39, 0.29) is 19.3 Å². The molecule has 0 amide bonds. The van der Waals surface area contributed by atoms with Crippen molar-refractivity contribution in [3.8, 4) is 0 Å². The fourth-order valence-electron chi connectivity index (χ4n) is 0.973. The third kappa shape index (κ3) is 4.75. The quantitative estimate of drug-likeness (QED) is 0.391. The Morgan fingerprint density at radius 3 is 1.87 bits per heavy atom. The van der Waals surface area contributed by atoms with Crippen LogP contribution < -0.4 is 0 Å². The monoisotopic (exact) mass is 218 g/mol. The van der Waals surface area contributed by atoms with Crippen molar-refractivity contribution in [1.29, 1.82) is 0 Å². The molecule has 0 aromatic rings. The van der Waals surface area contributed by atoms with Crippen molar-refractivity contribution in [2.75, 3.05) is 0 Å². The molecule has 1 unspecified atom stereocenters. The lowest BCUT2D eigenvalue weighted by atomic mass is 9.97. The van der Waals surface area contributed by atoms with Gasteiger partial charge >= 0.3 is 17.9 Å². The van der Waals surface area contributed by atoms with E-state index >= 15 is 0 Å². The molecule has 0 radical (unpaired) electrons. The fraction of sp³-hybridized carbons (Fsp3) is 0.500. The third-order valence-corrected chi connectivity index (χ3v) is 1.71. The van der Waals surface area contributed by atoms with Crippen LogP contribution in [-0.4, -0.2) is 39.0 Å². The molecule has 0 spiro atoms. The predicted molar refractivity (Wildman–Crippen MR) is 45.3 cm³/mol. The van der Waals surface area contributed by atoms with Gasteiger partial charge in [-0.1, -0.05) is 0 Å². The Labute approximate surface area is 84.3 Å². The van der Waals surface area contributed by atoms with E-state index in [4.69, 9.17) is 15.3 Å². The Bertz CT molecular complexity index is 293. The summed E-state index contributed by atoms with van der Waals surface area (Å²) in [5.74, 6) is -7.58. The second kappa shape index (κ2) is 5.74. The summed E-state index contributed by atoms with van der Waals surface area (Å²) in [4.78, 5) is 41.6. The van der Waals surface area contributed by atoms with Gasteiger partial charge in [0.1, 0.15) is 5.92 Å². The van der Waals surface area contributed by atoms with E-state index in [1.807, 2.05) is 0 Å². The van der Waals surface area contributed by atoms with Crippen LogP contribution in [0.3, 0.4) is 0 Å². The van der Waals surface area contributed by atoms with Gasteiger partial charge in [-0.15, -0.1) is 0 Å². The molecule has 0 saturated heterocycles. The topological polar surface area (TPSA) is 129 Å². The summed E-state index contributed by atoms with van der Waals surface area (Å²) in [7, 11) is 0. The van der Waals surface area contributed by atoms with Crippen LogP contribution in [0.15, 0.2) is 0 Å². The van der Waals surface area contributed by atoms with Gasteiger partial charge in [-0.05, 0) is 12.8 Å². The second-order valence-corrected chi connectivity index (χ2v) is 2.85. The molecule has 0 rings (SSSR count). The van der Waals surface area contributed by atoms with Crippen LogP contribution in [0.1, 0.15) is 19.3 Å². The van der Waals surface area contributed by atoms with Gasteiger partial charge in [0.2, 0.25) is 0 Å². The van der Waals surface area contributed by atoms with Crippen molar-refractivity contribution in [2.24, 2.45) is 5.92 Å². The molecule has 3 N–H and O–H groups in total. The number of carbonyl (C=O) groups excluding carboxylic acids is 1. The molecule has 1 atom stereocenters. The molecule has 0 aliphatic rings. The van der Waals surface area contributed by atoms with Gasteiger partial charge in [-0.3, -0.25) is 14.4 Å². The first-order valence-corrected chi connectivity index (χ1v) is 4.08. The molecule has 0 aromatic heterocycles. The van der Waals surface area contributed by atoms with Gasteiger partial charge < -0.3 is 15.3 Å². The third-order valence-electron chi connectivity index (χ3n) is 1.71. The maximum absolute atomic E-state index is 10.8. The van der Waals surface area contributed by atoms with E-state index in [2.05, 4.69) is 0 Å². The maximum Gasteiger partial charge on any atom is 0.373 e. The Hall–Kier alpha value is -1.92. The highest BCUT2D eigenvalue weighted by atomic mass is 16.4. The number of Topliss-reactive ketones (excluding diaryl/α,β-unsaturated/α-hetero) is 1. The zero-order valence-electron chi connectivity index (χ0n) is 7.67. The highest BCUT2D eigenvalue weighted by Crippen LogP contribution is 2.10. The smallest absolute Gasteiger partial charge is 0.373 e. The zero-order chi connectivity index (χ0) is 12.0. The maximum atomic E-state index is 10.8. The SMILES string of the molecule is O=C(O)CCCC(C(=O)O)C(=O)C(=O)O. The molecular formula is C8H10O7. The van der Waals surface area contributed by atoms with E-state index in [0.717, 1.165) is 0 Å². The van der Waals surface area contributed by atoms with E-state index in [0.29, 0.717) is 0 Å².